The first kappa shape index (κ1) is 13.6. The first-order valence-corrected chi connectivity index (χ1v) is 6.70. The van der Waals surface area contributed by atoms with E-state index in [1.54, 1.807) is 0 Å². The Hall–Kier alpha value is -1.81. The maximum absolute atomic E-state index is 5.74. The molecule has 2 aromatic rings. The zero-order valence-electron chi connectivity index (χ0n) is 11.6. The van der Waals surface area contributed by atoms with Gasteiger partial charge in [0.2, 0.25) is 0 Å². The molecule has 0 aliphatic heterocycles. The molecule has 1 heterocycles. The van der Waals surface area contributed by atoms with Crippen LogP contribution in [0.4, 0.5) is 5.69 Å². The highest BCUT2D eigenvalue weighted by molar-refractivity contribution is 5.39. The van der Waals surface area contributed by atoms with Gasteiger partial charge in [-0.2, -0.15) is 5.10 Å². The highest BCUT2D eigenvalue weighted by Crippen LogP contribution is 2.10. The van der Waals surface area contributed by atoms with Gasteiger partial charge in [0.1, 0.15) is 0 Å². The first-order valence-electron chi connectivity index (χ1n) is 6.70. The smallest absolute Gasteiger partial charge is 0.0889 e. The summed E-state index contributed by atoms with van der Waals surface area (Å²) in [5.41, 5.74) is 9.81. The van der Waals surface area contributed by atoms with Gasteiger partial charge in [0.15, 0.2) is 0 Å². The molecule has 0 saturated heterocycles. The van der Waals surface area contributed by atoms with Crippen molar-refractivity contribution >= 4 is 5.69 Å². The van der Waals surface area contributed by atoms with E-state index in [9.17, 15) is 0 Å². The van der Waals surface area contributed by atoms with E-state index >= 15 is 0 Å². The number of ether oxygens (including phenoxy) is 1. The quantitative estimate of drug-likeness (QED) is 0.812. The minimum absolute atomic E-state index is 0.589. The van der Waals surface area contributed by atoms with E-state index < -0.39 is 0 Å². The molecule has 0 unspecified atom stereocenters. The fourth-order valence-electron chi connectivity index (χ4n) is 1.97. The SMILES string of the molecule is CCc1cc(COCc2ccc(N)cc2)n(CC)n1. The number of anilines is 1. The molecule has 0 spiro atoms. The van der Waals surface area contributed by atoms with Gasteiger partial charge < -0.3 is 10.5 Å². The third kappa shape index (κ3) is 3.58. The predicted octanol–water partition coefficient (Wildman–Crippen LogP) is 2.76. The third-order valence-corrected chi connectivity index (χ3v) is 3.07. The summed E-state index contributed by atoms with van der Waals surface area (Å²) in [7, 11) is 0. The zero-order valence-corrected chi connectivity index (χ0v) is 11.6. The standard InChI is InChI=1S/C15H21N3O/c1-3-14-9-15(18(4-2)17-14)11-19-10-12-5-7-13(16)8-6-12/h5-9H,3-4,10-11,16H2,1-2H3. The number of hydrogen-bond acceptors (Lipinski definition) is 3. The van der Waals surface area contributed by atoms with Crippen LogP contribution in [0.15, 0.2) is 30.3 Å². The van der Waals surface area contributed by atoms with Crippen molar-refractivity contribution in [3.05, 3.63) is 47.3 Å². The normalized spacial score (nSPS) is 10.8. The lowest BCUT2D eigenvalue weighted by molar-refractivity contribution is 0.101. The fourth-order valence-corrected chi connectivity index (χ4v) is 1.97. The minimum Gasteiger partial charge on any atom is -0.399 e. The lowest BCUT2D eigenvalue weighted by Crippen LogP contribution is -2.04. The molecule has 0 amide bonds. The van der Waals surface area contributed by atoms with E-state index in [0.717, 1.165) is 35.6 Å². The summed E-state index contributed by atoms with van der Waals surface area (Å²) in [6.45, 7) is 6.26. The number of nitrogens with zero attached hydrogens (tertiary/aromatic N) is 2. The first-order chi connectivity index (χ1) is 9.22. The molecule has 102 valence electrons. The summed E-state index contributed by atoms with van der Waals surface area (Å²) in [6.07, 6.45) is 0.956. The van der Waals surface area contributed by atoms with Gasteiger partial charge in [0.05, 0.1) is 24.6 Å². The Morgan fingerprint density at radius 1 is 1.16 bits per heavy atom. The predicted molar refractivity (Wildman–Crippen MR) is 76.6 cm³/mol. The van der Waals surface area contributed by atoms with Gasteiger partial charge in [-0.15, -0.1) is 0 Å². The van der Waals surface area contributed by atoms with Crippen LogP contribution in [-0.4, -0.2) is 9.78 Å². The fraction of sp³-hybridized carbons (Fsp3) is 0.400. The molecule has 19 heavy (non-hydrogen) atoms. The summed E-state index contributed by atoms with van der Waals surface area (Å²) >= 11 is 0. The Labute approximate surface area is 114 Å². The summed E-state index contributed by atoms with van der Waals surface area (Å²) < 4.78 is 7.75. The van der Waals surface area contributed by atoms with E-state index in [0.29, 0.717) is 13.2 Å². The minimum atomic E-state index is 0.589. The largest absolute Gasteiger partial charge is 0.399 e. The monoisotopic (exact) mass is 259 g/mol. The van der Waals surface area contributed by atoms with Crippen LogP contribution in [0.3, 0.4) is 0 Å². The van der Waals surface area contributed by atoms with E-state index in [1.807, 2.05) is 28.9 Å². The molecule has 1 aromatic heterocycles. The Kier molecular flexibility index (Phi) is 4.58. The van der Waals surface area contributed by atoms with Crippen molar-refractivity contribution in [3.63, 3.8) is 0 Å². The van der Waals surface area contributed by atoms with E-state index in [1.165, 1.54) is 0 Å². The molecule has 0 saturated carbocycles. The van der Waals surface area contributed by atoms with Crippen LogP contribution in [0.1, 0.15) is 30.8 Å². The Balaban J connectivity index is 1.91. The second-order valence-electron chi connectivity index (χ2n) is 4.53. The van der Waals surface area contributed by atoms with Gasteiger partial charge in [0, 0.05) is 12.2 Å². The number of nitrogen functional groups attached to an aromatic ring is 1. The van der Waals surface area contributed by atoms with Crippen molar-refractivity contribution in [2.45, 2.75) is 40.0 Å². The van der Waals surface area contributed by atoms with Crippen LogP contribution >= 0.6 is 0 Å². The number of nitrogens with two attached hydrogens (primary N) is 1. The number of aromatic nitrogens is 2. The molecule has 0 radical (unpaired) electrons. The second kappa shape index (κ2) is 6.38. The molecule has 0 aliphatic carbocycles. The van der Waals surface area contributed by atoms with Crippen molar-refractivity contribution in [2.75, 3.05) is 5.73 Å². The van der Waals surface area contributed by atoms with Gasteiger partial charge >= 0.3 is 0 Å². The average molecular weight is 259 g/mol. The van der Waals surface area contributed by atoms with Crippen molar-refractivity contribution < 1.29 is 4.74 Å². The maximum Gasteiger partial charge on any atom is 0.0889 e. The molecule has 1 aromatic carbocycles. The molecule has 0 bridgehead atoms. The van der Waals surface area contributed by atoms with E-state index in [4.69, 9.17) is 10.5 Å². The van der Waals surface area contributed by atoms with Gasteiger partial charge in [-0.1, -0.05) is 19.1 Å². The molecule has 2 rings (SSSR count). The van der Waals surface area contributed by atoms with Gasteiger partial charge in [-0.3, -0.25) is 4.68 Å². The third-order valence-electron chi connectivity index (χ3n) is 3.07. The van der Waals surface area contributed by atoms with Crippen molar-refractivity contribution in [1.82, 2.24) is 9.78 Å². The van der Waals surface area contributed by atoms with Crippen LogP contribution < -0.4 is 5.73 Å². The maximum atomic E-state index is 5.74. The van der Waals surface area contributed by atoms with Crippen LogP contribution in [-0.2, 0) is 30.9 Å². The number of aryl methyl sites for hydroxylation is 2. The topological polar surface area (TPSA) is 53.1 Å². The molecule has 0 fully saturated rings. The molecule has 2 N–H and O–H groups in total. The highest BCUT2D eigenvalue weighted by atomic mass is 16.5. The summed E-state index contributed by atoms with van der Waals surface area (Å²) in [4.78, 5) is 0. The molecule has 4 nitrogen and oxygen atoms in total. The molecule has 0 atom stereocenters. The lowest BCUT2D eigenvalue weighted by atomic mass is 10.2. The molecular weight excluding hydrogens is 238 g/mol. The van der Waals surface area contributed by atoms with Crippen LogP contribution in [0.25, 0.3) is 0 Å². The van der Waals surface area contributed by atoms with Crippen LogP contribution in [0.2, 0.25) is 0 Å². The van der Waals surface area contributed by atoms with Crippen LogP contribution in [0, 0.1) is 0 Å². The van der Waals surface area contributed by atoms with Gasteiger partial charge in [-0.05, 0) is 37.1 Å². The number of rotatable bonds is 6. The van der Waals surface area contributed by atoms with Crippen LogP contribution in [0.5, 0.6) is 0 Å². The summed E-state index contributed by atoms with van der Waals surface area (Å²) in [6, 6.07) is 9.88. The Morgan fingerprint density at radius 3 is 2.53 bits per heavy atom. The van der Waals surface area contributed by atoms with Gasteiger partial charge in [-0.25, -0.2) is 0 Å². The van der Waals surface area contributed by atoms with Crippen molar-refractivity contribution in [2.24, 2.45) is 0 Å². The Morgan fingerprint density at radius 2 is 1.89 bits per heavy atom. The highest BCUT2D eigenvalue weighted by Gasteiger charge is 2.05. The summed E-state index contributed by atoms with van der Waals surface area (Å²) in [5, 5.41) is 4.50. The van der Waals surface area contributed by atoms with Crippen molar-refractivity contribution in [1.29, 1.82) is 0 Å². The van der Waals surface area contributed by atoms with E-state index in [2.05, 4.69) is 25.0 Å². The Bertz CT molecular complexity index is 517. The van der Waals surface area contributed by atoms with E-state index in [-0.39, 0.29) is 0 Å². The number of benzene rings is 1. The van der Waals surface area contributed by atoms with Gasteiger partial charge in [0.25, 0.3) is 0 Å². The summed E-state index contributed by atoms with van der Waals surface area (Å²) in [5.74, 6) is 0. The van der Waals surface area contributed by atoms with Crippen molar-refractivity contribution in [3.8, 4) is 0 Å². The molecule has 4 heteroatoms. The molecule has 0 aliphatic rings. The zero-order chi connectivity index (χ0) is 13.7. The second-order valence-corrected chi connectivity index (χ2v) is 4.53. The molecular formula is C15H21N3O. The number of hydrogen-bond donors (Lipinski definition) is 1. The average Bonchev–Trinajstić information content (AvgIpc) is 2.83. The lowest BCUT2D eigenvalue weighted by Gasteiger charge is -2.06.